The quantitative estimate of drug-likeness (QED) is 0.251. The summed E-state index contributed by atoms with van der Waals surface area (Å²) in [5.41, 5.74) is 2.88. The zero-order valence-corrected chi connectivity index (χ0v) is 19.8. The van der Waals surface area contributed by atoms with Crippen LogP contribution in [0.25, 0.3) is 10.9 Å². The van der Waals surface area contributed by atoms with Crippen LogP contribution in [0.4, 0.5) is 0 Å². The van der Waals surface area contributed by atoms with E-state index in [-0.39, 0.29) is 6.61 Å². The van der Waals surface area contributed by atoms with Gasteiger partial charge in [0.2, 0.25) is 0 Å². The zero-order chi connectivity index (χ0) is 23.3. The summed E-state index contributed by atoms with van der Waals surface area (Å²) in [7, 11) is 0. The fourth-order valence-electron chi connectivity index (χ4n) is 3.89. The highest BCUT2D eigenvalue weighted by atomic mass is 16.5. The molecule has 0 fully saturated rings. The van der Waals surface area contributed by atoms with Gasteiger partial charge in [-0.15, -0.1) is 0 Å². The number of allylic oxidation sites excluding steroid dienone is 3. The van der Waals surface area contributed by atoms with Gasteiger partial charge < -0.3 is 19.9 Å². The predicted octanol–water partition coefficient (Wildman–Crippen LogP) is 5.92. The third-order valence-corrected chi connectivity index (χ3v) is 5.91. The van der Waals surface area contributed by atoms with Gasteiger partial charge in [-0.3, -0.25) is 0 Å². The Bertz CT molecular complexity index is 896. The molecule has 176 valence electrons. The second-order valence-corrected chi connectivity index (χ2v) is 8.85. The van der Waals surface area contributed by atoms with Gasteiger partial charge in [-0.1, -0.05) is 68.7 Å². The van der Waals surface area contributed by atoms with E-state index in [9.17, 15) is 9.90 Å². The van der Waals surface area contributed by atoms with Gasteiger partial charge in [0.05, 0.1) is 24.5 Å². The van der Waals surface area contributed by atoms with Crippen molar-refractivity contribution >= 4 is 16.9 Å². The smallest absolute Gasteiger partial charge is 0.340 e. The Balaban J connectivity index is 1.74. The van der Waals surface area contributed by atoms with Crippen molar-refractivity contribution in [3.8, 4) is 0 Å². The number of hydrogen-bond donors (Lipinski definition) is 3. The van der Waals surface area contributed by atoms with Crippen LogP contribution in [-0.4, -0.2) is 34.4 Å². The van der Waals surface area contributed by atoms with Crippen molar-refractivity contribution in [2.24, 2.45) is 11.8 Å². The molecule has 5 nitrogen and oxygen atoms in total. The largest absolute Gasteiger partial charge is 0.462 e. The normalized spacial score (nSPS) is 14.2. The molecule has 1 aromatic heterocycles. The Morgan fingerprint density at radius 3 is 2.62 bits per heavy atom. The number of aromatic nitrogens is 1. The highest BCUT2D eigenvalue weighted by molar-refractivity contribution is 6.05. The number of aliphatic hydroxyl groups excluding tert-OH is 2. The molecule has 0 saturated carbocycles. The van der Waals surface area contributed by atoms with Crippen molar-refractivity contribution in [3.05, 3.63) is 59.3 Å². The number of rotatable bonds is 14. The zero-order valence-electron chi connectivity index (χ0n) is 19.8. The summed E-state index contributed by atoms with van der Waals surface area (Å²) in [6.07, 6.45) is 12.7. The SMILES string of the molecule is C/C(=C\C=C[C@H](C)CCC[C@@H](C)CCCO)CCOC(=O)c1c(CO)[nH]c2ccccc12. The summed E-state index contributed by atoms with van der Waals surface area (Å²) >= 11 is 0. The molecule has 0 spiro atoms. The number of aliphatic hydroxyl groups is 2. The summed E-state index contributed by atoms with van der Waals surface area (Å²) in [5.74, 6) is 0.804. The lowest BCUT2D eigenvalue weighted by atomic mass is 9.95. The second kappa shape index (κ2) is 13.9. The summed E-state index contributed by atoms with van der Waals surface area (Å²) in [6, 6.07) is 7.49. The van der Waals surface area contributed by atoms with Gasteiger partial charge in [-0.25, -0.2) is 4.79 Å². The number of carbonyl (C=O) groups excluding carboxylic acids is 1. The number of nitrogens with one attached hydrogen (secondary N) is 1. The van der Waals surface area contributed by atoms with Crippen molar-refractivity contribution in [1.29, 1.82) is 0 Å². The van der Waals surface area contributed by atoms with E-state index in [0.29, 0.717) is 42.7 Å². The number of esters is 1. The maximum Gasteiger partial charge on any atom is 0.340 e. The highest BCUT2D eigenvalue weighted by Gasteiger charge is 2.19. The third-order valence-electron chi connectivity index (χ3n) is 5.91. The topological polar surface area (TPSA) is 82.6 Å². The van der Waals surface area contributed by atoms with Gasteiger partial charge in [0.25, 0.3) is 0 Å². The van der Waals surface area contributed by atoms with Gasteiger partial charge in [0, 0.05) is 23.9 Å². The van der Waals surface area contributed by atoms with Gasteiger partial charge in [-0.2, -0.15) is 0 Å². The number of para-hydroxylation sites is 1. The summed E-state index contributed by atoms with van der Waals surface area (Å²) in [5, 5.41) is 19.3. The number of aromatic amines is 1. The van der Waals surface area contributed by atoms with Gasteiger partial charge in [-0.05, 0) is 44.1 Å². The predicted molar refractivity (Wildman–Crippen MR) is 131 cm³/mol. The van der Waals surface area contributed by atoms with E-state index >= 15 is 0 Å². The Labute approximate surface area is 192 Å². The van der Waals surface area contributed by atoms with Crippen LogP contribution in [0.2, 0.25) is 0 Å². The van der Waals surface area contributed by atoms with Crippen LogP contribution < -0.4 is 0 Å². The maximum atomic E-state index is 12.6. The molecular formula is C27H39NO4. The first-order valence-electron chi connectivity index (χ1n) is 11.8. The number of H-pyrrole nitrogens is 1. The first-order valence-corrected chi connectivity index (χ1v) is 11.8. The number of ether oxygens (including phenoxy) is 1. The molecule has 0 bridgehead atoms. The first-order chi connectivity index (χ1) is 15.5. The van der Waals surface area contributed by atoms with Crippen molar-refractivity contribution in [2.45, 2.75) is 65.9 Å². The average molecular weight is 442 g/mol. The lowest BCUT2D eigenvalue weighted by Crippen LogP contribution is -2.09. The molecule has 0 aliphatic heterocycles. The molecule has 0 aliphatic carbocycles. The number of carbonyl (C=O) groups is 1. The molecule has 1 heterocycles. The second-order valence-electron chi connectivity index (χ2n) is 8.85. The molecule has 32 heavy (non-hydrogen) atoms. The molecule has 2 aromatic rings. The van der Waals surface area contributed by atoms with E-state index in [4.69, 9.17) is 9.84 Å². The van der Waals surface area contributed by atoms with E-state index in [2.05, 4.69) is 37.1 Å². The number of fused-ring (bicyclic) bond motifs is 1. The molecule has 0 amide bonds. The Hall–Kier alpha value is -2.37. The lowest BCUT2D eigenvalue weighted by molar-refractivity contribution is 0.0508. The van der Waals surface area contributed by atoms with Crippen molar-refractivity contribution < 1.29 is 19.7 Å². The van der Waals surface area contributed by atoms with E-state index in [1.165, 1.54) is 19.3 Å². The molecule has 2 rings (SSSR count). The molecule has 0 aliphatic rings. The molecule has 0 radical (unpaired) electrons. The molecule has 2 atom stereocenters. The fourth-order valence-corrected chi connectivity index (χ4v) is 3.89. The number of hydrogen-bond acceptors (Lipinski definition) is 4. The fraction of sp³-hybridized carbons (Fsp3) is 0.519. The van der Waals surface area contributed by atoms with Crippen molar-refractivity contribution in [1.82, 2.24) is 4.98 Å². The Morgan fingerprint density at radius 1 is 1.12 bits per heavy atom. The standard InChI is InChI=1S/C27H39NO4/c1-20(9-6-11-21(2)13-8-17-29)10-7-12-22(3)16-18-32-27(31)26-23-14-4-5-15-24(23)28-25(26)19-30/h4-5,7,10,12,14-15,20-21,28-30H,6,8-9,11,13,16-19H2,1-3H3/b10-7?,22-12+/t20-,21-/m1/s1. The lowest BCUT2D eigenvalue weighted by Gasteiger charge is -2.11. The first kappa shape index (κ1) is 25.9. The molecule has 0 unspecified atom stereocenters. The van der Waals surface area contributed by atoms with Crippen molar-refractivity contribution in [3.63, 3.8) is 0 Å². The van der Waals surface area contributed by atoms with Gasteiger partial charge >= 0.3 is 5.97 Å². The minimum atomic E-state index is -0.406. The van der Waals surface area contributed by atoms with Crippen LogP contribution in [0.5, 0.6) is 0 Å². The third kappa shape index (κ3) is 8.29. The molecule has 1 aromatic carbocycles. The Kier molecular flexibility index (Phi) is 11.3. The van der Waals surface area contributed by atoms with Gasteiger partial charge in [0.1, 0.15) is 0 Å². The number of benzene rings is 1. The maximum absolute atomic E-state index is 12.6. The van der Waals surface area contributed by atoms with Gasteiger partial charge in [0.15, 0.2) is 0 Å². The molecule has 3 N–H and O–H groups in total. The average Bonchev–Trinajstić information content (AvgIpc) is 3.16. The van der Waals surface area contributed by atoms with E-state index in [1.54, 1.807) is 0 Å². The highest BCUT2D eigenvalue weighted by Crippen LogP contribution is 2.23. The van der Waals surface area contributed by atoms with Crippen LogP contribution >= 0.6 is 0 Å². The summed E-state index contributed by atoms with van der Waals surface area (Å²) < 4.78 is 5.49. The Morgan fingerprint density at radius 2 is 1.88 bits per heavy atom. The van der Waals surface area contributed by atoms with Crippen LogP contribution in [0.1, 0.15) is 75.3 Å². The van der Waals surface area contributed by atoms with Crippen LogP contribution in [0.3, 0.4) is 0 Å². The summed E-state index contributed by atoms with van der Waals surface area (Å²) in [6.45, 7) is 6.90. The van der Waals surface area contributed by atoms with E-state index in [1.807, 2.05) is 31.2 Å². The molecule has 5 heteroatoms. The monoisotopic (exact) mass is 441 g/mol. The minimum Gasteiger partial charge on any atom is -0.462 e. The molecular weight excluding hydrogens is 402 g/mol. The van der Waals surface area contributed by atoms with E-state index < -0.39 is 5.97 Å². The van der Waals surface area contributed by atoms with Crippen molar-refractivity contribution in [2.75, 3.05) is 13.2 Å². The van der Waals surface area contributed by atoms with Crippen LogP contribution in [0, 0.1) is 11.8 Å². The van der Waals surface area contributed by atoms with Crippen LogP contribution in [0.15, 0.2) is 48.1 Å². The minimum absolute atomic E-state index is 0.234. The summed E-state index contributed by atoms with van der Waals surface area (Å²) in [4.78, 5) is 15.7. The molecule has 0 saturated heterocycles. The van der Waals surface area contributed by atoms with E-state index in [0.717, 1.165) is 29.3 Å². The van der Waals surface area contributed by atoms with Crippen LogP contribution in [-0.2, 0) is 11.3 Å².